The van der Waals surface area contributed by atoms with E-state index < -0.39 is 0 Å². The van der Waals surface area contributed by atoms with Crippen molar-refractivity contribution in [3.05, 3.63) is 77.4 Å². The average molecular weight is 432 g/mol. The van der Waals surface area contributed by atoms with E-state index in [2.05, 4.69) is 28.4 Å². The molecule has 2 aromatic carbocycles. The minimum Gasteiger partial charge on any atom is -0.352 e. The van der Waals surface area contributed by atoms with Crippen LogP contribution in [0, 0.1) is 5.92 Å². The van der Waals surface area contributed by atoms with Crippen molar-refractivity contribution in [2.45, 2.75) is 38.8 Å². The Hall–Kier alpha value is -2.92. The van der Waals surface area contributed by atoms with E-state index in [0.29, 0.717) is 32.5 Å². The van der Waals surface area contributed by atoms with Gasteiger partial charge in [-0.2, -0.15) is 0 Å². The highest BCUT2D eigenvalue weighted by Gasteiger charge is 2.26. The largest absolute Gasteiger partial charge is 0.352 e. The number of piperidine rings is 1. The Bertz CT molecular complexity index is 927. The SMILES string of the molecule is O=C(NCc1ccccc1CN1CCCC1)C1CCN(C(=O)C=Cc2ccccc2)CC1. The van der Waals surface area contributed by atoms with Gasteiger partial charge in [0, 0.05) is 38.2 Å². The molecule has 2 saturated heterocycles. The second-order valence-electron chi connectivity index (χ2n) is 8.81. The Kier molecular flexibility index (Phi) is 7.73. The summed E-state index contributed by atoms with van der Waals surface area (Å²) < 4.78 is 0. The van der Waals surface area contributed by atoms with Gasteiger partial charge in [-0.1, -0.05) is 54.6 Å². The molecular weight excluding hydrogens is 398 g/mol. The third-order valence-corrected chi connectivity index (χ3v) is 6.56. The zero-order valence-electron chi connectivity index (χ0n) is 18.7. The van der Waals surface area contributed by atoms with Crippen molar-refractivity contribution in [1.82, 2.24) is 15.1 Å². The molecule has 2 aliphatic heterocycles. The molecule has 0 aromatic heterocycles. The van der Waals surface area contributed by atoms with Gasteiger partial charge in [0.1, 0.15) is 0 Å². The van der Waals surface area contributed by atoms with Gasteiger partial charge in [0.25, 0.3) is 0 Å². The molecular formula is C27H33N3O2. The molecule has 0 aliphatic carbocycles. The van der Waals surface area contributed by atoms with Gasteiger partial charge in [-0.25, -0.2) is 0 Å². The molecule has 4 rings (SSSR count). The summed E-state index contributed by atoms with van der Waals surface area (Å²) in [6, 6.07) is 18.2. The lowest BCUT2D eigenvalue weighted by Gasteiger charge is -2.30. The Morgan fingerprint density at radius 3 is 2.25 bits per heavy atom. The molecule has 0 bridgehead atoms. The first-order valence-corrected chi connectivity index (χ1v) is 11.8. The van der Waals surface area contributed by atoms with E-state index in [1.807, 2.05) is 47.4 Å². The number of rotatable bonds is 7. The second kappa shape index (κ2) is 11.1. The van der Waals surface area contributed by atoms with Gasteiger partial charge in [-0.3, -0.25) is 14.5 Å². The molecule has 32 heavy (non-hydrogen) atoms. The first-order chi connectivity index (χ1) is 15.7. The molecule has 5 nitrogen and oxygen atoms in total. The summed E-state index contributed by atoms with van der Waals surface area (Å²) in [5, 5.41) is 3.15. The third-order valence-electron chi connectivity index (χ3n) is 6.56. The fourth-order valence-electron chi connectivity index (χ4n) is 4.59. The first kappa shape index (κ1) is 22.3. The van der Waals surface area contributed by atoms with E-state index in [4.69, 9.17) is 0 Å². The summed E-state index contributed by atoms with van der Waals surface area (Å²) in [5.41, 5.74) is 3.52. The molecule has 2 aliphatic rings. The maximum atomic E-state index is 12.8. The van der Waals surface area contributed by atoms with Gasteiger partial charge in [-0.15, -0.1) is 0 Å². The van der Waals surface area contributed by atoms with E-state index in [9.17, 15) is 9.59 Å². The monoisotopic (exact) mass is 431 g/mol. The van der Waals surface area contributed by atoms with Crippen molar-refractivity contribution < 1.29 is 9.59 Å². The van der Waals surface area contributed by atoms with Crippen LogP contribution < -0.4 is 5.32 Å². The number of carbonyl (C=O) groups is 2. The minimum absolute atomic E-state index is 0.0172. The predicted octanol–water partition coefficient (Wildman–Crippen LogP) is 3.85. The van der Waals surface area contributed by atoms with Gasteiger partial charge in [0.2, 0.25) is 11.8 Å². The van der Waals surface area contributed by atoms with E-state index in [0.717, 1.165) is 12.1 Å². The molecule has 0 atom stereocenters. The van der Waals surface area contributed by atoms with Crippen molar-refractivity contribution in [3.63, 3.8) is 0 Å². The molecule has 5 heteroatoms. The van der Waals surface area contributed by atoms with Gasteiger partial charge >= 0.3 is 0 Å². The zero-order chi connectivity index (χ0) is 22.2. The number of nitrogens with zero attached hydrogens (tertiary/aromatic N) is 2. The van der Waals surface area contributed by atoms with Crippen LogP contribution in [0.1, 0.15) is 42.4 Å². The normalized spacial score (nSPS) is 17.7. The first-order valence-electron chi connectivity index (χ1n) is 11.8. The van der Waals surface area contributed by atoms with E-state index >= 15 is 0 Å². The number of amides is 2. The Morgan fingerprint density at radius 1 is 0.875 bits per heavy atom. The molecule has 2 heterocycles. The van der Waals surface area contributed by atoms with Crippen LogP contribution in [0.15, 0.2) is 60.7 Å². The van der Waals surface area contributed by atoms with Crippen LogP contribution in [-0.2, 0) is 22.7 Å². The molecule has 2 aromatic rings. The van der Waals surface area contributed by atoms with Crippen LogP contribution in [0.2, 0.25) is 0 Å². The molecule has 0 unspecified atom stereocenters. The summed E-state index contributed by atoms with van der Waals surface area (Å²) in [7, 11) is 0. The van der Waals surface area contributed by atoms with Crippen LogP contribution in [0.3, 0.4) is 0 Å². The number of nitrogens with one attached hydrogen (secondary N) is 1. The van der Waals surface area contributed by atoms with E-state index in [1.54, 1.807) is 6.08 Å². The predicted molar refractivity (Wildman–Crippen MR) is 128 cm³/mol. The summed E-state index contributed by atoms with van der Waals surface area (Å²) in [6.07, 6.45) is 7.47. The maximum absolute atomic E-state index is 12.8. The summed E-state index contributed by atoms with van der Waals surface area (Å²) >= 11 is 0. The second-order valence-corrected chi connectivity index (χ2v) is 8.81. The number of carbonyl (C=O) groups excluding carboxylic acids is 2. The molecule has 0 saturated carbocycles. The van der Waals surface area contributed by atoms with Crippen molar-refractivity contribution in [2.24, 2.45) is 5.92 Å². The van der Waals surface area contributed by atoms with Crippen LogP contribution >= 0.6 is 0 Å². The van der Waals surface area contributed by atoms with E-state index in [1.165, 1.54) is 37.1 Å². The van der Waals surface area contributed by atoms with Crippen molar-refractivity contribution in [3.8, 4) is 0 Å². The van der Waals surface area contributed by atoms with Crippen LogP contribution in [0.4, 0.5) is 0 Å². The Balaban J connectivity index is 1.24. The number of likely N-dealkylation sites (tertiary alicyclic amines) is 2. The Morgan fingerprint density at radius 2 is 1.53 bits per heavy atom. The lowest BCUT2D eigenvalue weighted by molar-refractivity contribution is -0.132. The van der Waals surface area contributed by atoms with Crippen LogP contribution in [0.5, 0.6) is 0 Å². The fraction of sp³-hybridized carbons (Fsp3) is 0.407. The third kappa shape index (κ3) is 6.07. The zero-order valence-corrected chi connectivity index (χ0v) is 18.7. The molecule has 1 N–H and O–H groups in total. The van der Waals surface area contributed by atoms with Crippen LogP contribution in [-0.4, -0.2) is 47.8 Å². The summed E-state index contributed by atoms with van der Waals surface area (Å²) in [4.78, 5) is 29.6. The maximum Gasteiger partial charge on any atom is 0.246 e. The summed E-state index contributed by atoms with van der Waals surface area (Å²) in [5.74, 6) is 0.0966. The van der Waals surface area contributed by atoms with Gasteiger partial charge in [0.15, 0.2) is 0 Å². The number of benzene rings is 2. The molecule has 168 valence electrons. The standard InChI is InChI=1S/C27H33N3O2/c31-26(13-12-22-8-2-1-3-9-22)30-18-14-23(15-19-30)27(32)28-20-24-10-4-5-11-25(24)21-29-16-6-7-17-29/h1-5,8-13,23H,6-7,14-21H2,(H,28,32). The molecule has 2 amide bonds. The average Bonchev–Trinajstić information content (AvgIpc) is 3.36. The lowest BCUT2D eigenvalue weighted by Crippen LogP contribution is -2.42. The van der Waals surface area contributed by atoms with Gasteiger partial charge in [0.05, 0.1) is 0 Å². The van der Waals surface area contributed by atoms with Crippen LogP contribution in [0.25, 0.3) is 6.08 Å². The topological polar surface area (TPSA) is 52.7 Å². The highest BCUT2D eigenvalue weighted by atomic mass is 16.2. The number of hydrogen-bond acceptors (Lipinski definition) is 3. The highest BCUT2D eigenvalue weighted by molar-refractivity contribution is 5.92. The Labute approximate surface area is 191 Å². The summed E-state index contributed by atoms with van der Waals surface area (Å²) in [6.45, 7) is 5.12. The highest BCUT2D eigenvalue weighted by Crippen LogP contribution is 2.19. The van der Waals surface area contributed by atoms with Gasteiger partial charge < -0.3 is 10.2 Å². The molecule has 0 spiro atoms. The minimum atomic E-state index is -0.0251. The molecule has 0 radical (unpaired) electrons. The van der Waals surface area contributed by atoms with Crippen molar-refractivity contribution in [1.29, 1.82) is 0 Å². The van der Waals surface area contributed by atoms with E-state index in [-0.39, 0.29) is 17.7 Å². The van der Waals surface area contributed by atoms with Crippen molar-refractivity contribution in [2.75, 3.05) is 26.2 Å². The molecule has 2 fully saturated rings. The van der Waals surface area contributed by atoms with Crippen molar-refractivity contribution >= 4 is 17.9 Å². The lowest BCUT2D eigenvalue weighted by atomic mass is 9.95. The smallest absolute Gasteiger partial charge is 0.246 e. The van der Waals surface area contributed by atoms with Gasteiger partial charge in [-0.05, 0) is 61.5 Å². The number of hydrogen-bond donors (Lipinski definition) is 1. The fourth-order valence-corrected chi connectivity index (χ4v) is 4.59. The quantitative estimate of drug-likeness (QED) is 0.678.